The van der Waals surface area contributed by atoms with E-state index in [0.717, 1.165) is 39.2 Å². The average molecular weight is 1110 g/mol. The topological polar surface area (TPSA) is 33.5 Å². The minimum atomic E-state index is -0.223. The molecular weight excluding hydrogens is 1040 g/mol. The van der Waals surface area contributed by atoms with Crippen molar-refractivity contribution in [1.82, 2.24) is 9.55 Å². The van der Waals surface area contributed by atoms with Gasteiger partial charge in [0.15, 0.2) is 0 Å². The third-order valence-electron chi connectivity index (χ3n) is 13.7. The smallest absolute Gasteiger partial charge is 0.135 e. The van der Waals surface area contributed by atoms with Crippen molar-refractivity contribution in [1.29, 1.82) is 0 Å². The molecule has 5 nitrogen and oxygen atoms in total. The van der Waals surface area contributed by atoms with E-state index in [1.165, 1.54) is 50.2 Å². The summed E-state index contributed by atoms with van der Waals surface area (Å²) in [5, 5.41) is 2.34. The predicted molar refractivity (Wildman–Crippen MR) is 294 cm³/mol. The van der Waals surface area contributed by atoms with Gasteiger partial charge in [0.1, 0.15) is 5.82 Å². The molecule has 1 aliphatic heterocycles. The Morgan fingerprint density at radius 2 is 1.14 bits per heavy atom. The van der Waals surface area contributed by atoms with E-state index < -0.39 is 0 Å². The van der Waals surface area contributed by atoms with Crippen molar-refractivity contribution in [3.05, 3.63) is 161 Å². The first kappa shape index (κ1) is 52.7. The zero-order valence-corrected chi connectivity index (χ0v) is 47.8. The molecule has 0 amide bonds. The van der Waals surface area contributed by atoms with Gasteiger partial charge in [-0.1, -0.05) is 180 Å². The molecule has 0 saturated heterocycles. The number of rotatable bonds is 8. The minimum Gasteiger partial charge on any atom is -0.509 e. The standard InChI is InChI=1S/C64H77N4O.Pt/c1-40(2)49-22-20-23-50(41(3)4)56(49)42-26-28-45(29-27-42)66-39-67(59(64(17,18)19)58(66)63(14,15)16)46-34-44(61(8,9)10)35-48(37-46)69-47-30-31-51-54(38-47)68(55-36-43(32-33-65-55)60(5,6)7)53-25-21-24-52(57(51)53)62(11,12)13;/h20-36,39-41H,1-19H3;/q-3;. The molecule has 0 atom stereocenters. The van der Waals surface area contributed by atoms with E-state index >= 15 is 0 Å². The summed E-state index contributed by atoms with van der Waals surface area (Å²) in [5.74, 6) is 2.97. The number of anilines is 2. The number of allylic oxidation sites excluding steroid dienone is 2. The van der Waals surface area contributed by atoms with Crippen LogP contribution in [0.2, 0.25) is 0 Å². The van der Waals surface area contributed by atoms with E-state index in [1.807, 2.05) is 6.20 Å². The molecular formula is C64H77N4OPt-3. The third kappa shape index (κ3) is 10.2. The Bertz CT molecular complexity index is 3050. The summed E-state index contributed by atoms with van der Waals surface area (Å²) < 4.78 is 9.27. The SMILES string of the molecule is CC(C)c1cccc(C(C)C)c1-c1ccc(N2[CH-]N(c3[c-]c(Oc4[c-]c5c(cc4)c4c(C(C)(C)C)cccc4n5-c4cc(C(C)(C)C)ccn4)cc(C(C)(C)C)c3)C(C(C)(C)C)=C2C(C)(C)C)cc1.[Pt]. The van der Waals surface area contributed by atoms with E-state index in [0.29, 0.717) is 23.3 Å². The van der Waals surface area contributed by atoms with E-state index in [9.17, 15) is 0 Å². The molecule has 1 aliphatic rings. The second-order valence-corrected chi connectivity index (χ2v) is 25.2. The van der Waals surface area contributed by atoms with E-state index in [2.05, 4.69) is 262 Å². The van der Waals surface area contributed by atoms with Crippen molar-refractivity contribution in [3.8, 4) is 28.4 Å². The number of hydrogen-bond donors (Lipinski definition) is 0. The van der Waals surface area contributed by atoms with Crippen LogP contribution in [0.25, 0.3) is 38.8 Å². The Morgan fingerprint density at radius 1 is 0.557 bits per heavy atom. The summed E-state index contributed by atoms with van der Waals surface area (Å²) >= 11 is 0. The molecule has 0 saturated carbocycles. The van der Waals surface area contributed by atoms with Gasteiger partial charge in [0.2, 0.25) is 0 Å². The monoisotopic (exact) mass is 1110 g/mol. The van der Waals surface area contributed by atoms with Gasteiger partial charge in [-0.3, -0.25) is 0 Å². The first-order chi connectivity index (χ1) is 32.0. The molecule has 0 bridgehead atoms. The largest absolute Gasteiger partial charge is 0.509 e. The molecule has 6 heteroatoms. The van der Waals surface area contributed by atoms with Crippen molar-refractivity contribution in [3.63, 3.8) is 0 Å². The molecule has 0 N–H and O–H groups in total. The molecule has 0 unspecified atom stereocenters. The maximum atomic E-state index is 7.00. The maximum Gasteiger partial charge on any atom is 0.135 e. The van der Waals surface area contributed by atoms with Crippen LogP contribution in [0, 0.1) is 29.6 Å². The van der Waals surface area contributed by atoms with E-state index in [-0.39, 0.29) is 48.1 Å². The second kappa shape index (κ2) is 18.8. The van der Waals surface area contributed by atoms with Gasteiger partial charge in [-0.15, -0.1) is 53.6 Å². The fourth-order valence-corrected chi connectivity index (χ4v) is 10.1. The Labute approximate surface area is 436 Å². The second-order valence-electron chi connectivity index (χ2n) is 25.2. The number of nitrogens with zero attached hydrogens (tertiary/aromatic N) is 4. The van der Waals surface area contributed by atoms with Gasteiger partial charge in [0, 0.05) is 72.2 Å². The van der Waals surface area contributed by atoms with Gasteiger partial charge in [0.05, 0.1) is 0 Å². The number of ether oxygens (including phenoxy) is 1. The quantitative estimate of drug-likeness (QED) is 0.142. The van der Waals surface area contributed by atoms with Gasteiger partial charge in [0.25, 0.3) is 0 Å². The van der Waals surface area contributed by atoms with Crippen LogP contribution in [0.15, 0.2) is 115 Å². The summed E-state index contributed by atoms with van der Waals surface area (Å²) in [6.45, 7) is 45.8. The number of fused-ring (bicyclic) bond motifs is 3. The maximum absolute atomic E-state index is 7.00. The van der Waals surface area contributed by atoms with Crippen molar-refractivity contribution in [2.24, 2.45) is 10.8 Å². The summed E-state index contributed by atoms with van der Waals surface area (Å²) in [6, 6.07) is 43.4. The molecule has 7 aromatic rings. The van der Waals surface area contributed by atoms with Crippen LogP contribution < -0.4 is 14.5 Å². The summed E-state index contributed by atoms with van der Waals surface area (Å²) in [5.41, 5.74) is 14.9. The third-order valence-corrected chi connectivity index (χ3v) is 13.7. The number of hydrogen-bond acceptors (Lipinski definition) is 4. The predicted octanol–water partition coefficient (Wildman–Crippen LogP) is 18.1. The summed E-state index contributed by atoms with van der Waals surface area (Å²) in [7, 11) is 0. The summed E-state index contributed by atoms with van der Waals surface area (Å²) in [4.78, 5) is 9.77. The molecule has 0 spiro atoms. The van der Waals surface area contributed by atoms with Crippen LogP contribution in [0.1, 0.15) is 171 Å². The van der Waals surface area contributed by atoms with E-state index in [1.54, 1.807) is 0 Å². The first-order valence-corrected chi connectivity index (χ1v) is 25.2. The van der Waals surface area contributed by atoms with Gasteiger partial charge in [-0.05, 0) is 97.2 Å². The van der Waals surface area contributed by atoms with Crippen molar-refractivity contribution < 1.29 is 25.8 Å². The first-order valence-electron chi connectivity index (χ1n) is 25.2. The van der Waals surface area contributed by atoms with Gasteiger partial charge in [-0.2, -0.15) is 6.07 Å². The summed E-state index contributed by atoms with van der Waals surface area (Å²) in [6.07, 6.45) is 1.93. The van der Waals surface area contributed by atoms with Crippen molar-refractivity contribution in [2.75, 3.05) is 9.80 Å². The fourth-order valence-electron chi connectivity index (χ4n) is 10.1. The average Bonchev–Trinajstić information content (AvgIpc) is 3.83. The Kier molecular flexibility index (Phi) is 14.2. The van der Waals surface area contributed by atoms with Crippen LogP contribution in [-0.4, -0.2) is 9.55 Å². The molecule has 2 aromatic heterocycles. The normalized spacial score (nSPS) is 14.2. The molecule has 0 aliphatic carbocycles. The Hall–Kier alpha value is -5.12. The van der Waals surface area contributed by atoms with Crippen LogP contribution in [0.4, 0.5) is 11.4 Å². The van der Waals surface area contributed by atoms with Crippen molar-refractivity contribution in [2.45, 2.75) is 160 Å². The molecule has 3 heterocycles. The van der Waals surface area contributed by atoms with Gasteiger partial charge in [-0.25, -0.2) is 4.98 Å². The molecule has 8 rings (SSSR count). The molecule has 0 radical (unpaired) electrons. The fraction of sp³-hybridized carbons (Fsp3) is 0.406. The van der Waals surface area contributed by atoms with Crippen LogP contribution in [-0.2, 0) is 37.3 Å². The Balaban J connectivity index is 0.00000722. The molecule has 70 heavy (non-hydrogen) atoms. The molecule has 5 aromatic carbocycles. The molecule has 372 valence electrons. The van der Waals surface area contributed by atoms with E-state index in [4.69, 9.17) is 9.72 Å². The zero-order chi connectivity index (χ0) is 50.3. The number of benzene rings is 5. The van der Waals surface area contributed by atoms with Crippen molar-refractivity contribution >= 4 is 33.2 Å². The Morgan fingerprint density at radius 3 is 1.70 bits per heavy atom. The van der Waals surface area contributed by atoms with Crippen LogP contribution >= 0.6 is 0 Å². The zero-order valence-electron chi connectivity index (χ0n) is 45.6. The van der Waals surface area contributed by atoms with Gasteiger partial charge >= 0.3 is 0 Å². The number of pyridine rings is 1. The van der Waals surface area contributed by atoms with Gasteiger partial charge < -0.3 is 19.1 Å². The molecule has 0 fully saturated rings. The number of aromatic nitrogens is 2. The van der Waals surface area contributed by atoms with Crippen LogP contribution in [0.5, 0.6) is 11.5 Å². The minimum absolute atomic E-state index is 0. The van der Waals surface area contributed by atoms with Crippen LogP contribution in [0.3, 0.4) is 0 Å².